The quantitative estimate of drug-likeness (QED) is 0.648. The Kier molecular flexibility index (Phi) is 3.17. The Labute approximate surface area is 80.7 Å². The van der Waals surface area contributed by atoms with Gasteiger partial charge in [0, 0.05) is 6.20 Å². The van der Waals surface area contributed by atoms with Gasteiger partial charge in [-0.3, -0.25) is 0 Å². The highest BCUT2D eigenvalue weighted by Crippen LogP contribution is 2.07. The van der Waals surface area contributed by atoms with Crippen LogP contribution in [0.2, 0.25) is 0 Å². The van der Waals surface area contributed by atoms with Gasteiger partial charge in [-0.15, -0.1) is 0 Å². The normalized spacial score (nSPS) is 9.29. The van der Waals surface area contributed by atoms with Crippen molar-refractivity contribution in [1.82, 2.24) is 4.98 Å². The summed E-state index contributed by atoms with van der Waals surface area (Å²) in [5.41, 5.74) is 0.0590. The van der Waals surface area contributed by atoms with Gasteiger partial charge in [0.05, 0.1) is 19.8 Å². The molecule has 0 aromatic carbocycles. The molecule has 0 aliphatic heterocycles. The van der Waals surface area contributed by atoms with Gasteiger partial charge >= 0.3 is 11.9 Å². The Morgan fingerprint density at radius 2 is 1.86 bits per heavy atom. The summed E-state index contributed by atoms with van der Waals surface area (Å²) >= 11 is 0. The summed E-state index contributed by atoms with van der Waals surface area (Å²) in [4.78, 5) is 26.1. The zero-order chi connectivity index (χ0) is 10.6. The van der Waals surface area contributed by atoms with Gasteiger partial charge in [0.1, 0.15) is 0 Å². The molecule has 0 radical (unpaired) electrons. The number of carbonyl (C=O) groups is 2. The molecule has 1 aromatic heterocycles. The molecule has 0 saturated heterocycles. The highest BCUT2D eigenvalue weighted by molar-refractivity contribution is 6.01. The maximum atomic E-state index is 11.2. The molecule has 0 atom stereocenters. The minimum Gasteiger partial charge on any atom is -0.465 e. The molecular weight excluding hydrogens is 186 g/mol. The van der Waals surface area contributed by atoms with Crippen LogP contribution in [0.3, 0.4) is 0 Å². The monoisotopic (exact) mass is 195 g/mol. The lowest BCUT2D eigenvalue weighted by atomic mass is 10.2. The number of carbonyl (C=O) groups excluding carboxylic acids is 2. The van der Waals surface area contributed by atoms with Crippen LogP contribution in [0, 0.1) is 0 Å². The van der Waals surface area contributed by atoms with Crippen LogP contribution < -0.4 is 0 Å². The molecule has 1 heterocycles. The lowest BCUT2D eigenvalue weighted by Gasteiger charge is -2.03. The molecule has 1 rings (SSSR count). The molecule has 0 unspecified atom stereocenters. The molecule has 0 saturated carbocycles. The van der Waals surface area contributed by atoms with Gasteiger partial charge in [0.2, 0.25) is 0 Å². The van der Waals surface area contributed by atoms with Crippen molar-refractivity contribution >= 4 is 11.9 Å². The first-order valence-electron chi connectivity index (χ1n) is 3.82. The molecule has 0 bridgehead atoms. The average molecular weight is 195 g/mol. The molecule has 0 aliphatic carbocycles. The smallest absolute Gasteiger partial charge is 0.357 e. The largest absolute Gasteiger partial charge is 0.465 e. The Bertz CT molecular complexity index is 327. The second-order valence-electron chi connectivity index (χ2n) is 2.38. The van der Waals surface area contributed by atoms with E-state index < -0.39 is 11.9 Å². The minimum atomic E-state index is -0.661. The van der Waals surface area contributed by atoms with Crippen LogP contribution in [0.5, 0.6) is 0 Å². The number of methoxy groups -OCH3 is 2. The molecule has 1 aromatic rings. The van der Waals surface area contributed by atoms with E-state index in [1.165, 1.54) is 26.5 Å². The van der Waals surface area contributed by atoms with Crippen molar-refractivity contribution in [2.45, 2.75) is 0 Å². The van der Waals surface area contributed by atoms with Gasteiger partial charge in [0.15, 0.2) is 5.69 Å². The summed E-state index contributed by atoms with van der Waals surface area (Å²) in [5, 5.41) is 0. The first-order chi connectivity index (χ1) is 6.70. The molecule has 74 valence electrons. The number of nitrogens with zero attached hydrogens (tertiary/aromatic N) is 1. The third-order valence-corrected chi connectivity index (χ3v) is 1.59. The van der Waals surface area contributed by atoms with Crippen molar-refractivity contribution < 1.29 is 19.1 Å². The van der Waals surface area contributed by atoms with Crippen molar-refractivity contribution in [3.8, 4) is 0 Å². The number of rotatable bonds is 2. The summed E-state index contributed by atoms with van der Waals surface area (Å²) < 4.78 is 8.95. The van der Waals surface area contributed by atoms with E-state index in [2.05, 4.69) is 14.5 Å². The number of hydrogen-bond acceptors (Lipinski definition) is 5. The standard InChI is InChI=1S/C9H9NO4/c1-13-8(11)6-4-3-5-10-7(6)9(12)14-2/h3-5H,1-2H3. The zero-order valence-corrected chi connectivity index (χ0v) is 7.81. The minimum absolute atomic E-state index is 0.0400. The van der Waals surface area contributed by atoms with E-state index in [1.807, 2.05) is 0 Å². The predicted molar refractivity (Wildman–Crippen MR) is 46.9 cm³/mol. The number of pyridine rings is 1. The van der Waals surface area contributed by atoms with Crippen LogP contribution in [-0.4, -0.2) is 31.1 Å². The number of hydrogen-bond donors (Lipinski definition) is 0. The Balaban J connectivity index is 3.15. The summed E-state index contributed by atoms with van der Waals surface area (Å²) in [6.45, 7) is 0. The zero-order valence-electron chi connectivity index (χ0n) is 7.81. The molecule has 0 spiro atoms. The van der Waals surface area contributed by atoms with Gasteiger partial charge in [-0.05, 0) is 12.1 Å². The third kappa shape index (κ3) is 1.87. The van der Waals surface area contributed by atoms with Crippen molar-refractivity contribution in [3.63, 3.8) is 0 Å². The first-order valence-corrected chi connectivity index (χ1v) is 3.82. The van der Waals surface area contributed by atoms with E-state index in [0.717, 1.165) is 0 Å². The molecule has 0 N–H and O–H groups in total. The van der Waals surface area contributed by atoms with Crippen LogP contribution in [0.25, 0.3) is 0 Å². The highest BCUT2D eigenvalue weighted by Gasteiger charge is 2.18. The van der Waals surface area contributed by atoms with Crippen LogP contribution in [0.1, 0.15) is 20.8 Å². The van der Waals surface area contributed by atoms with Gasteiger partial charge in [-0.1, -0.05) is 0 Å². The average Bonchev–Trinajstić information content (AvgIpc) is 2.27. The summed E-state index contributed by atoms with van der Waals surface area (Å²) in [6, 6.07) is 2.99. The summed E-state index contributed by atoms with van der Waals surface area (Å²) in [6.07, 6.45) is 1.40. The first kappa shape index (κ1) is 10.2. The van der Waals surface area contributed by atoms with Crippen LogP contribution in [0.15, 0.2) is 18.3 Å². The number of esters is 2. The predicted octanol–water partition coefficient (Wildman–Crippen LogP) is 0.655. The van der Waals surface area contributed by atoms with Crippen LogP contribution >= 0.6 is 0 Å². The SMILES string of the molecule is COC(=O)c1cccnc1C(=O)OC. The highest BCUT2D eigenvalue weighted by atomic mass is 16.5. The third-order valence-electron chi connectivity index (χ3n) is 1.59. The van der Waals surface area contributed by atoms with Gasteiger partial charge in [0.25, 0.3) is 0 Å². The second kappa shape index (κ2) is 4.36. The van der Waals surface area contributed by atoms with Crippen LogP contribution in [0.4, 0.5) is 0 Å². The van der Waals surface area contributed by atoms with Gasteiger partial charge in [-0.25, -0.2) is 14.6 Å². The van der Waals surface area contributed by atoms with Crippen molar-refractivity contribution in [2.75, 3.05) is 14.2 Å². The fraction of sp³-hybridized carbons (Fsp3) is 0.222. The molecule has 0 fully saturated rings. The van der Waals surface area contributed by atoms with Crippen molar-refractivity contribution in [1.29, 1.82) is 0 Å². The maximum Gasteiger partial charge on any atom is 0.357 e. The maximum absolute atomic E-state index is 11.2. The summed E-state index contributed by atoms with van der Waals surface area (Å²) in [7, 11) is 2.45. The Morgan fingerprint density at radius 1 is 1.21 bits per heavy atom. The second-order valence-corrected chi connectivity index (χ2v) is 2.38. The lowest BCUT2D eigenvalue weighted by molar-refractivity contribution is 0.0550. The fourth-order valence-corrected chi connectivity index (χ4v) is 0.939. The number of aromatic nitrogens is 1. The van der Waals surface area contributed by atoms with Crippen LogP contribution in [-0.2, 0) is 9.47 Å². The van der Waals surface area contributed by atoms with Gasteiger partial charge < -0.3 is 9.47 Å². The topological polar surface area (TPSA) is 65.5 Å². The molecule has 5 heteroatoms. The van der Waals surface area contributed by atoms with E-state index in [4.69, 9.17) is 0 Å². The van der Waals surface area contributed by atoms with Gasteiger partial charge in [-0.2, -0.15) is 0 Å². The Hall–Kier alpha value is -1.91. The number of ether oxygens (including phenoxy) is 2. The van der Waals surface area contributed by atoms with E-state index >= 15 is 0 Å². The lowest BCUT2D eigenvalue weighted by Crippen LogP contribution is -2.13. The van der Waals surface area contributed by atoms with Crippen molar-refractivity contribution in [3.05, 3.63) is 29.6 Å². The van der Waals surface area contributed by atoms with E-state index in [1.54, 1.807) is 6.07 Å². The molecule has 0 amide bonds. The van der Waals surface area contributed by atoms with E-state index in [9.17, 15) is 9.59 Å². The Morgan fingerprint density at radius 3 is 2.43 bits per heavy atom. The summed E-state index contributed by atoms with van der Waals surface area (Å²) in [5.74, 6) is -1.27. The molecule has 0 aliphatic rings. The molecular formula is C9H9NO4. The van der Waals surface area contributed by atoms with E-state index in [-0.39, 0.29) is 11.3 Å². The fourth-order valence-electron chi connectivity index (χ4n) is 0.939. The molecule has 14 heavy (non-hydrogen) atoms. The molecule has 5 nitrogen and oxygen atoms in total. The van der Waals surface area contributed by atoms with Crippen molar-refractivity contribution in [2.24, 2.45) is 0 Å². The van der Waals surface area contributed by atoms with E-state index in [0.29, 0.717) is 0 Å².